The SMILES string of the molecule is Cc1cc(-c2nnc(NC(=O)C3(c4ccccc4)CCOCC3)o2)c(C)o1. The van der Waals surface area contributed by atoms with Gasteiger partial charge >= 0.3 is 6.01 Å². The number of benzene rings is 1. The zero-order valence-corrected chi connectivity index (χ0v) is 15.3. The highest BCUT2D eigenvalue weighted by Gasteiger charge is 2.42. The van der Waals surface area contributed by atoms with Gasteiger partial charge in [0.05, 0.1) is 11.0 Å². The van der Waals surface area contributed by atoms with Crippen LogP contribution in [0.3, 0.4) is 0 Å². The lowest BCUT2D eigenvalue weighted by Gasteiger charge is -2.35. The van der Waals surface area contributed by atoms with E-state index < -0.39 is 5.41 Å². The van der Waals surface area contributed by atoms with Crippen molar-refractivity contribution >= 4 is 11.9 Å². The number of anilines is 1. The van der Waals surface area contributed by atoms with Gasteiger partial charge in [-0.1, -0.05) is 35.4 Å². The minimum atomic E-state index is -0.670. The van der Waals surface area contributed by atoms with Crippen LogP contribution in [0.1, 0.15) is 29.9 Å². The van der Waals surface area contributed by atoms with Crippen LogP contribution < -0.4 is 5.32 Å². The zero-order chi connectivity index (χ0) is 18.9. The van der Waals surface area contributed by atoms with Crippen LogP contribution in [-0.4, -0.2) is 29.3 Å². The van der Waals surface area contributed by atoms with E-state index in [2.05, 4.69) is 15.5 Å². The average molecular weight is 367 g/mol. The van der Waals surface area contributed by atoms with Gasteiger partial charge in [-0.25, -0.2) is 0 Å². The van der Waals surface area contributed by atoms with E-state index in [1.807, 2.05) is 50.2 Å². The Labute approximate surface area is 156 Å². The predicted octanol–water partition coefficient (Wildman–Crippen LogP) is 3.63. The summed E-state index contributed by atoms with van der Waals surface area (Å²) in [5.41, 5.74) is 1.02. The third-order valence-corrected chi connectivity index (χ3v) is 5.02. The molecule has 0 unspecified atom stereocenters. The number of nitrogens with one attached hydrogen (secondary N) is 1. The molecule has 7 nitrogen and oxygen atoms in total. The molecular formula is C20H21N3O4. The number of carbonyl (C=O) groups is 1. The number of hydrogen-bond acceptors (Lipinski definition) is 6. The highest BCUT2D eigenvalue weighted by Crippen LogP contribution is 2.36. The van der Waals surface area contributed by atoms with Crippen molar-refractivity contribution in [2.75, 3.05) is 18.5 Å². The van der Waals surface area contributed by atoms with E-state index in [1.165, 1.54) is 0 Å². The Morgan fingerprint density at radius 1 is 1.07 bits per heavy atom. The molecule has 1 aliphatic rings. The molecule has 3 heterocycles. The first-order chi connectivity index (χ1) is 13.1. The van der Waals surface area contributed by atoms with Crippen molar-refractivity contribution in [2.24, 2.45) is 0 Å². The maximum absolute atomic E-state index is 13.2. The number of aryl methyl sites for hydroxylation is 2. The summed E-state index contributed by atoms with van der Waals surface area (Å²) in [6, 6.07) is 11.7. The van der Waals surface area contributed by atoms with Gasteiger partial charge < -0.3 is 13.6 Å². The summed E-state index contributed by atoms with van der Waals surface area (Å²) in [4.78, 5) is 13.2. The Morgan fingerprint density at radius 3 is 2.48 bits per heavy atom. The summed E-state index contributed by atoms with van der Waals surface area (Å²) >= 11 is 0. The lowest BCUT2D eigenvalue weighted by molar-refractivity contribution is -0.125. The second-order valence-corrected chi connectivity index (χ2v) is 6.75. The fourth-order valence-electron chi connectivity index (χ4n) is 3.57. The Bertz CT molecular complexity index is 939. The van der Waals surface area contributed by atoms with Gasteiger partial charge in [-0.3, -0.25) is 10.1 Å². The largest absolute Gasteiger partial charge is 0.466 e. The Morgan fingerprint density at radius 2 is 1.81 bits per heavy atom. The molecule has 0 saturated carbocycles. The fraction of sp³-hybridized carbons (Fsp3) is 0.350. The van der Waals surface area contributed by atoms with Gasteiger partial charge in [0, 0.05) is 13.2 Å². The molecule has 2 aromatic heterocycles. The Hall–Kier alpha value is -2.93. The molecule has 27 heavy (non-hydrogen) atoms. The van der Waals surface area contributed by atoms with E-state index in [-0.39, 0.29) is 11.9 Å². The van der Waals surface area contributed by atoms with Crippen LogP contribution in [0.2, 0.25) is 0 Å². The number of rotatable bonds is 4. The molecule has 0 bridgehead atoms. The summed E-state index contributed by atoms with van der Waals surface area (Å²) in [6.45, 7) is 4.75. The van der Waals surface area contributed by atoms with Crippen LogP contribution in [0.25, 0.3) is 11.5 Å². The van der Waals surface area contributed by atoms with Gasteiger partial charge in [0.2, 0.25) is 5.91 Å². The summed E-state index contributed by atoms with van der Waals surface area (Å²) in [5.74, 6) is 1.61. The van der Waals surface area contributed by atoms with Crippen LogP contribution in [0.5, 0.6) is 0 Å². The number of hydrogen-bond donors (Lipinski definition) is 1. The molecule has 3 aromatic rings. The first-order valence-corrected chi connectivity index (χ1v) is 8.94. The highest BCUT2D eigenvalue weighted by atomic mass is 16.5. The van der Waals surface area contributed by atoms with E-state index in [4.69, 9.17) is 13.6 Å². The van der Waals surface area contributed by atoms with Crippen molar-refractivity contribution in [3.05, 3.63) is 53.5 Å². The van der Waals surface area contributed by atoms with E-state index in [0.29, 0.717) is 37.7 Å². The van der Waals surface area contributed by atoms with Crippen molar-refractivity contribution in [2.45, 2.75) is 32.1 Å². The fourth-order valence-corrected chi connectivity index (χ4v) is 3.57. The van der Waals surface area contributed by atoms with Gasteiger partial charge in [-0.15, -0.1) is 5.10 Å². The monoisotopic (exact) mass is 367 g/mol. The molecule has 1 amide bonds. The number of aromatic nitrogens is 2. The molecule has 140 valence electrons. The molecular weight excluding hydrogens is 346 g/mol. The van der Waals surface area contributed by atoms with Gasteiger partial charge in [0.1, 0.15) is 11.5 Å². The molecule has 1 fully saturated rings. The van der Waals surface area contributed by atoms with Crippen LogP contribution >= 0.6 is 0 Å². The van der Waals surface area contributed by atoms with E-state index in [1.54, 1.807) is 0 Å². The average Bonchev–Trinajstić information content (AvgIpc) is 3.28. The van der Waals surface area contributed by atoms with Crippen LogP contribution in [0, 0.1) is 13.8 Å². The smallest absolute Gasteiger partial charge is 0.322 e. The number of carbonyl (C=O) groups excluding carboxylic acids is 1. The van der Waals surface area contributed by atoms with Gasteiger partial charge in [-0.2, -0.15) is 0 Å². The minimum absolute atomic E-state index is 0.0788. The third kappa shape index (κ3) is 3.26. The molecule has 4 rings (SSSR count). The van der Waals surface area contributed by atoms with Crippen LogP contribution in [-0.2, 0) is 14.9 Å². The van der Waals surface area contributed by atoms with E-state index >= 15 is 0 Å². The first-order valence-electron chi connectivity index (χ1n) is 8.94. The van der Waals surface area contributed by atoms with Crippen LogP contribution in [0.15, 0.2) is 45.2 Å². The quantitative estimate of drug-likeness (QED) is 0.757. The number of ether oxygens (including phenoxy) is 1. The molecule has 1 aliphatic heterocycles. The molecule has 1 saturated heterocycles. The lowest BCUT2D eigenvalue weighted by atomic mass is 9.73. The Kier molecular flexibility index (Phi) is 4.53. The molecule has 0 atom stereocenters. The Balaban J connectivity index is 1.60. The molecule has 0 spiro atoms. The standard InChI is InChI=1S/C20H21N3O4/c1-13-12-16(14(2)26-13)17-22-23-19(27-17)21-18(24)20(8-10-25-11-9-20)15-6-4-3-5-7-15/h3-7,12H,8-11H2,1-2H3,(H,21,23,24). The zero-order valence-electron chi connectivity index (χ0n) is 15.3. The molecule has 0 aliphatic carbocycles. The minimum Gasteiger partial charge on any atom is -0.466 e. The highest BCUT2D eigenvalue weighted by molar-refractivity contribution is 5.98. The second-order valence-electron chi connectivity index (χ2n) is 6.75. The van der Waals surface area contributed by atoms with Crippen molar-refractivity contribution < 1.29 is 18.4 Å². The maximum Gasteiger partial charge on any atom is 0.322 e. The van der Waals surface area contributed by atoms with Crippen molar-refractivity contribution in [1.82, 2.24) is 10.2 Å². The third-order valence-electron chi connectivity index (χ3n) is 5.02. The molecule has 1 N–H and O–H groups in total. The summed E-state index contributed by atoms with van der Waals surface area (Å²) in [6.07, 6.45) is 1.20. The number of nitrogens with zero attached hydrogens (tertiary/aromatic N) is 2. The molecule has 7 heteroatoms. The first kappa shape index (κ1) is 17.5. The lowest BCUT2D eigenvalue weighted by Crippen LogP contribution is -2.44. The van der Waals surface area contributed by atoms with E-state index in [0.717, 1.165) is 16.9 Å². The summed E-state index contributed by atoms with van der Waals surface area (Å²) < 4.78 is 16.6. The predicted molar refractivity (Wildman–Crippen MR) is 98.3 cm³/mol. The molecule has 1 aromatic carbocycles. The summed E-state index contributed by atoms with van der Waals surface area (Å²) in [7, 11) is 0. The van der Waals surface area contributed by atoms with Gasteiger partial charge in [0.15, 0.2) is 0 Å². The number of furan rings is 1. The topological polar surface area (TPSA) is 90.4 Å². The summed E-state index contributed by atoms with van der Waals surface area (Å²) in [5, 5.41) is 10.8. The van der Waals surface area contributed by atoms with Gasteiger partial charge in [0.25, 0.3) is 5.89 Å². The molecule has 0 radical (unpaired) electrons. The van der Waals surface area contributed by atoms with Crippen LogP contribution in [0.4, 0.5) is 6.01 Å². The van der Waals surface area contributed by atoms with E-state index in [9.17, 15) is 4.79 Å². The second kappa shape index (κ2) is 7.00. The normalized spacial score (nSPS) is 16.2. The van der Waals surface area contributed by atoms with Crippen molar-refractivity contribution in [1.29, 1.82) is 0 Å². The van der Waals surface area contributed by atoms with Crippen molar-refractivity contribution in [3.63, 3.8) is 0 Å². The number of amides is 1. The van der Waals surface area contributed by atoms with Crippen molar-refractivity contribution in [3.8, 4) is 11.5 Å². The maximum atomic E-state index is 13.2. The van der Waals surface area contributed by atoms with Gasteiger partial charge in [-0.05, 0) is 38.3 Å².